The molecule has 27 heavy (non-hydrogen) atoms. The molecule has 6 nitrogen and oxygen atoms in total. The molecule has 0 saturated carbocycles. The molecule has 0 bridgehead atoms. The molecule has 0 aliphatic heterocycles. The monoisotopic (exact) mass is 385 g/mol. The van der Waals surface area contributed by atoms with Gasteiger partial charge in [-0.1, -0.05) is 37.6 Å². The fourth-order valence-electron chi connectivity index (χ4n) is 2.40. The summed E-state index contributed by atoms with van der Waals surface area (Å²) in [5, 5.41) is 11.1. The largest absolute Gasteiger partial charge is 0.493 e. The Bertz CT molecular complexity index is 890. The van der Waals surface area contributed by atoms with Gasteiger partial charge in [-0.2, -0.15) is 0 Å². The van der Waals surface area contributed by atoms with Crippen molar-refractivity contribution in [1.82, 2.24) is 10.3 Å². The highest BCUT2D eigenvalue weighted by Gasteiger charge is 2.15. The predicted octanol–water partition coefficient (Wildman–Crippen LogP) is 4.61. The SMILES string of the molecule is CC(C)COc1ccc(-c2nonc2NC(=O)Cc2ccc(Cl)cc2)cc1. The minimum Gasteiger partial charge on any atom is -0.493 e. The van der Waals surface area contributed by atoms with E-state index in [2.05, 4.69) is 29.5 Å². The van der Waals surface area contributed by atoms with Gasteiger partial charge >= 0.3 is 0 Å². The summed E-state index contributed by atoms with van der Waals surface area (Å²) < 4.78 is 10.5. The van der Waals surface area contributed by atoms with E-state index in [1.165, 1.54) is 0 Å². The van der Waals surface area contributed by atoms with Crippen molar-refractivity contribution in [2.45, 2.75) is 20.3 Å². The van der Waals surface area contributed by atoms with Crippen LogP contribution >= 0.6 is 11.6 Å². The number of nitrogens with zero attached hydrogens (tertiary/aromatic N) is 2. The summed E-state index contributed by atoms with van der Waals surface area (Å²) >= 11 is 5.86. The van der Waals surface area contributed by atoms with Crippen LogP contribution in [0.4, 0.5) is 5.82 Å². The fraction of sp³-hybridized carbons (Fsp3) is 0.250. The van der Waals surface area contributed by atoms with Crippen LogP contribution in [0, 0.1) is 5.92 Å². The van der Waals surface area contributed by atoms with E-state index in [-0.39, 0.29) is 18.1 Å². The van der Waals surface area contributed by atoms with E-state index in [1.54, 1.807) is 24.3 Å². The summed E-state index contributed by atoms with van der Waals surface area (Å²) in [5.74, 6) is 1.29. The number of halogens is 1. The lowest BCUT2D eigenvalue weighted by molar-refractivity contribution is -0.115. The maximum absolute atomic E-state index is 12.3. The molecule has 0 atom stereocenters. The van der Waals surface area contributed by atoms with Crippen molar-refractivity contribution in [3.05, 3.63) is 59.1 Å². The molecule has 0 spiro atoms. The number of aromatic nitrogens is 2. The zero-order valence-electron chi connectivity index (χ0n) is 15.1. The topological polar surface area (TPSA) is 77.2 Å². The summed E-state index contributed by atoms with van der Waals surface area (Å²) in [7, 11) is 0. The number of anilines is 1. The van der Waals surface area contributed by atoms with E-state index in [0.717, 1.165) is 16.9 Å². The zero-order chi connectivity index (χ0) is 19.2. The number of carbonyl (C=O) groups is 1. The number of rotatable bonds is 7. The molecule has 2 aromatic carbocycles. The molecule has 7 heteroatoms. The standard InChI is InChI=1S/C20H20ClN3O3/c1-13(2)12-26-17-9-5-15(6-10-17)19-20(24-27-23-19)22-18(25)11-14-3-7-16(21)8-4-14/h3-10,13H,11-12H2,1-2H3,(H,22,24,25). The summed E-state index contributed by atoms with van der Waals surface area (Å²) in [6.45, 7) is 4.83. The molecular formula is C20H20ClN3O3. The number of amides is 1. The second-order valence-corrected chi connectivity index (χ2v) is 6.98. The Morgan fingerprint density at radius 1 is 1.11 bits per heavy atom. The van der Waals surface area contributed by atoms with E-state index in [9.17, 15) is 4.79 Å². The maximum Gasteiger partial charge on any atom is 0.230 e. The first kappa shape index (κ1) is 18.9. The Hall–Kier alpha value is -2.86. The third-order valence-electron chi connectivity index (χ3n) is 3.74. The van der Waals surface area contributed by atoms with Gasteiger partial charge in [0.15, 0.2) is 5.69 Å². The molecule has 0 fully saturated rings. The van der Waals surface area contributed by atoms with Crippen LogP contribution in [0.3, 0.4) is 0 Å². The Labute approximate surface area is 162 Å². The number of carbonyl (C=O) groups excluding carboxylic acids is 1. The quantitative estimate of drug-likeness (QED) is 0.642. The molecule has 0 radical (unpaired) electrons. The van der Waals surface area contributed by atoms with E-state index in [1.807, 2.05) is 24.3 Å². The highest BCUT2D eigenvalue weighted by molar-refractivity contribution is 6.30. The van der Waals surface area contributed by atoms with Crippen LogP contribution in [0.2, 0.25) is 5.02 Å². The fourth-order valence-corrected chi connectivity index (χ4v) is 2.52. The molecular weight excluding hydrogens is 366 g/mol. The second-order valence-electron chi connectivity index (χ2n) is 6.54. The van der Waals surface area contributed by atoms with Crippen LogP contribution in [0.5, 0.6) is 5.75 Å². The lowest BCUT2D eigenvalue weighted by Crippen LogP contribution is -2.15. The highest BCUT2D eigenvalue weighted by Crippen LogP contribution is 2.26. The van der Waals surface area contributed by atoms with E-state index >= 15 is 0 Å². The molecule has 3 aromatic rings. The van der Waals surface area contributed by atoms with Gasteiger partial charge in [0.05, 0.1) is 13.0 Å². The minimum absolute atomic E-state index is 0.200. The third-order valence-corrected chi connectivity index (χ3v) is 3.99. The molecule has 140 valence electrons. The van der Waals surface area contributed by atoms with Gasteiger partial charge < -0.3 is 10.1 Å². The molecule has 1 heterocycles. The van der Waals surface area contributed by atoms with Gasteiger partial charge in [0, 0.05) is 10.6 Å². The Kier molecular flexibility index (Phi) is 6.08. The average Bonchev–Trinajstić information content (AvgIpc) is 3.10. The smallest absolute Gasteiger partial charge is 0.230 e. The lowest BCUT2D eigenvalue weighted by Gasteiger charge is -2.09. The number of benzene rings is 2. The lowest BCUT2D eigenvalue weighted by atomic mass is 10.1. The van der Waals surface area contributed by atoms with Gasteiger partial charge in [-0.15, -0.1) is 0 Å². The van der Waals surface area contributed by atoms with E-state index < -0.39 is 0 Å². The predicted molar refractivity (Wildman–Crippen MR) is 104 cm³/mol. The van der Waals surface area contributed by atoms with Crippen molar-refractivity contribution in [1.29, 1.82) is 0 Å². The van der Waals surface area contributed by atoms with Gasteiger partial charge in [-0.3, -0.25) is 4.79 Å². The van der Waals surface area contributed by atoms with Crippen molar-refractivity contribution in [2.24, 2.45) is 5.92 Å². The molecule has 1 aromatic heterocycles. The van der Waals surface area contributed by atoms with Crippen LogP contribution in [0.15, 0.2) is 53.2 Å². The normalized spacial score (nSPS) is 10.8. The molecule has 1 N–H and O–H groups in total. The van der Waals surface area contributed by atoms with Crippen LogP contribution < -0.4 is 10.1 Å². The van der Waals surface area contributed by atoms with Crippen LogP contribution in [-0.4, -0.2) is 22.8 Å². The van der Waals surface area contributed by atoms with E-state index in [4.69, 9.17) is 21.0 Å². The minimum atomic E-state index is -0.217. The van der Waals surface area contributed by atoms with Crippen molar-refractivity contribution in [3.8, 4) is 17.0 Å². The maximum atomic E-state index is 12.3. The van der Waals surface area contributed by atoms with Crippen LogP contribution in [0.25, 0.3) is 11.3 Å². The van der Waals surface area contributed by atoms with Gasteiger partial charge in [-0.05, 0) is 58.2 Å². The van der Waals surface area contributed by atoms with Crippen molar-refractivity contribution < 1.29 is 14.2 Å². The number of hydrogen-bond acceptors (Lipinski definition) is 5. The van der Waals surface area contributed by atoms with Crippen LogP contribution in [-0.2, 0) is 11.2 Å². The summed E-state index contributed by atoms with van der Waals surface area (Å²) in [6.07, 6.45) is 0.200. The molecule has 0 saturated heterocycles. The Morgan fingerprint density at radius 3 is 2.48 bits per heavy atom. The first-order valence-electron chi connectivity index (χ1n) is 8.61. The summed E-state index contributed by atoms with van der Waals surface area (Å²) in [4.78, 5) is 12.3. The number of ether oxygens (including phenoxy) is 1. The van der Waals surface area contributed by atoms with Crippen molar-refractivity contribution in [3.63, 3.8) is 0 Å². The van der Waals surface area contributed by atoms with Gasteiger partial charge in [0.2, 0.25) is 11.7 Å². The van der Waals surface area contributed by atoms with Crippen molar-refractivity contribution in [2.75, 3.05) is 11.9 Å². The summed E-state index contributed by atoms with van der Waals surface area (Å²) in [5.41, 5.74) is 2.09. The Balaban J connectivity index is 1.66. The first-order valence-corrected chi connectivity index (χ1v) is 8.99. The van der Waals surface area contributed by atoms with Gasteiger partial charge in [0.25, 0.3) is 0 Å². The Morgan fingerprint density at radius 2 is 1.81 bits per heavy atom. The zero-order valence-corrected chi connectivity index (χ0v) is 15.9. The second kappa shape index (κ2) is 8.68. The van der Waals surface area contributed by atoms with E-state index in [0.29, 0.717) is 23.2 Å². The first-order chi connectivity index (χ1) is 13.0. The molecule has 0 aliphatic carbocycles. The van der Waals surface area contributed by atoms with Gasteiger partial charge in [0.1, 0.15) is 5.75 Å². The number of hydrogen-bond donors (Lipinski definition) is 1. The van der Waals surface area contributed by atoms with Crippen LogP contribution in [0.1, 0.15) is 19.4 Å². The van der Waals surface area contributed by atoms with Gasteiger partial charge in [-0.25, -0.2) is 4.63 Å². The molecule has 3 rings (SSSR count). The highest BCUT2D eigenvalue weighted by atomic mass is 35.5. The molecule has 0 unspecified atom stereocenters. The molecule has 0 aliphatic rings. The average molecular weight is 386 g/mol. The van der Waals surface area contributed by atoms with Crippen molar-refractivity contribution >= 4 is 23.3 Å². The molecule has 1 amide bonds. The number of nitrogens with one attached hydrogen (secondary N) is 1. The third kappa shape index (κ3) is 5.31. The summed E-state index contributed by atoms with van der Waals surface area (Å²) in [6, 6.07) is 14.5.